The molecule has 1 aliphatic rings. The van der Waals surface area contributed by atoms with Crippen LogP contribution in [0.3, 0.4) is 0 Å². The summed E-state index contributed by atoms with van der Waals surface area (Å²) >= 11 is 18.1. The van der Waals surface area contributed by atoms with Gasteiger partial charge in [0, 0.05) is 5.69 Å². The molecule has 3 aromatic carbocycles. The zero-order valence-electron chi connectivity index (χ0n) is 18.0. The van der Waals surface area contributed by atoms with Gasteiger partial charge in [0.15, 0.2) is 0 Å². The van der Waals surface area contributed by atoms with E-state index in [2.05, 4.69) is 5.32 Å². The van der Waals surface area contributed by atoms with Crippen LogP contribution in [-0.2, 0) is 9.59 Å². The van der Waals surface area contributed by atoms with Crippen molar-refractivity contribution >= 4 is 64.0 Å². The standard InChI is InChI=1S/C25H17Cl3N2O4/c1-13-3-10-20(14(2)11-13)34-25(33)15-4-6-16(7-5-15)29-22-21(28)23(31)30(24(22)32)17-8-9-18(26)19(27)12-17/h3-12,29H,1-2H3. The smallest absolute Gasteiger partial charge is 0.343 e. The zero-order valence-corrected chi connectivity index (χ0v) is 20.3. The fourth-order valence-corrected chi connectivity index (χ4v) is 3.88. The minimum absolute atomic E-state index is 0.0941. The molecule has 1 N–H and O–H groups in total. The molecule has 3 aromatic rings. The lowest BCUT2D eigenvalue weighted by atomic mass is 10.1. The molecule has 2 amide bonds. The van der Waals surface area contributed by atoms with Gasteiger partial charge in [-0.1, -0.05) is 52.5 Å². The molecule has 9 heteroatoms. The summed E-state index contributed by atoms with van der Waals surface area (Å²) < 4.78 is 5.47. The lowest BCUT2D eigenvalue weighted by Crippen LogP contribution is -2.32. The minimum atomic E-state index is -0.693. The van der Waals surface area contributed by atoms with Gasteiger partial charge < -0.3 is 10.1 Å². The van der Waals surface area contributed by atoms with Gasteiger partial charge in [0.25, 0.3) is 11.8 Å². The molecule has 0 aliphatic carbocycles. The number of esters is 1. The van der Waals surface area contributed by atoms with Crippen molar-refractivity contribution in [3.63, 3.8) is 0 Å². The first kappa shape index (κ1) is 23.8. The van der Waals surface area contributed by atoms with Gasteiger partial charge in [0.1, 0.15) is 16.5 Å². The van der Waals surface area contributed by atoms with Gasteiger partial charge in [0.2, 0.25) is 0 Å². The second-order valence-corrected chi connectivity index (χ2v) is 8.79. The van der Waals surface area contributed by atoms with Crippen molar-refractivity contribution in [2.75, 3.05) is 10.2 Å². The van der Waals surface area contributed by atoms with Gasteiger partial charge in [-0.05, 0) is 67.9 Å². The molecule has 1 heterocycles. The molecular formula is C25H17Cl3N2O4. The molecule has 0 saturated heterocycles. The molecule has 0 aromatic heterocycles. The maximum atomic E-state index is 12.9. The van der Waals surface area contributed by atoms with Gasteiger partial charge in [0.05, 0.1) is 21.3 Å². The van der Waals surface area contributed by atoms with E-state index in [0.717, 1.165) is 16.0 Å². The molecule has 0 unspecified atom stereocenters. The van der Waals surface area contributed by atoms with Crippen molar-refractivity contribution in [2.45, 2.75) is 13.8 Å². The fourth-order valence-electron chi connectivity index (χ4n) is 3.38. The fraction of sp³-hybridized carbons (Fsp3) is 0.0800. The minimum Gasteiger partial charge on any atom is -0.423 e. The zero-order chi connectivity index (χ0) is 24.6. The highest BCUT2D eigenvalue weighted by Crippen LogP contribution is 2.33. The van der Waals surface area contributed by atoms with E-state index >= 15 is 0 Å². The van der Waals surface area contributed by atoms with Crippen LogP contribution in [0.15, 0.2) is 71.4 Å². The van der Waals surface area contributed by atoms with Crippen LogP contribution in [0, 0.1) is 13.8 Å². The van der Waals surface area contributed by atoms with Crippen molar-refractivity contribution < 1.29 is 19.1 Å². The van der Waals surface area contributed by atoms with Gasteiger partial charge >= 0.3 is 5.97 Å². The topological polar surface area (TPSA) is 75.7 Å². The maximum Gasteiger partial charge on any atom is 0.343 e. The molecular weight excluding hydrogens is 499 g/mol. The summed E-state index contributed by atoms with van der Waals surface area (Å²) in [7, 11) is 0. The average molecular weight is 516 g/mol. The summed E-state index contributed by atoms with van der Waals surface area (Å²) in [4.78, 5) is 38.9. The third kappa shape index (κ3) is 4.66. The highest BCUT2D eigenvalue weighted by atomic mass is 35.5. The third-order valence-electron chi connectivity index (χ3n) is 5.11. The largest absolute Gasteiger partial charge is 0.423 e. The van der Waals surface area contributed by atoms with Gasteiger partial charge in [-0.2, -0.15) is 0 Å². The van der Waals surface area contributed by atoms with Crippen molar-refractivity contribution in [3.05, 3.63) is 98.1 Å². The Morgan fingerprint density at radius 1 is 0.853 bits per heavy atom. The van der Waals surface area contributed by atoms with Crippen LogP contribution in [0.1, 0.15) is 21.5 Å². The number of rotatable bonds is 5. The monoisotopic (exact) mass is 514 g/mol. The number of imide groups is 1. The number of anilines is 2. The van der Waals surface area contributed by atoms with Gasteiger partial charge in [-0.15, -0.1) is 0 Å². The molecule has 0 bridgehead atoms. The number of carbonyl (C=O) groups is 3. The number of nitrogens with one attached hydrogen (secondary N) is 1. The summed E-state index contributed by atoms with van der Waals surface area (Å²) in [6, 6.07) is 16.2. The van der Waals surface area contributed by atoms with E-state index in [-0.39, 0.29) is 26.5 Å². The van der Waals surface area contributed by atoms with E-state index in [1.165, 1.54) is 18.2 Å². The van der Waals surface area contributed by atoms with E-state index in [9.17, 15) is 14.4 Å². The molecule has 6 nitrogen and oxygen atoms in total. The van der Waals surface area contributed by atoms with Crippen molar-refractivity contribution in [1.29, 1.82) is 0 Å². The molecule has 0 saturated carbocycles. The molecule has 0 spiro atoms. The molecule has 34 heavy (non-hydrogen) atoms. The van der Waals surface area contributed by atoms with Crippen molar-refractivity contribution in [3.8, 4) is 5.75 Å². The number of halogens is 3. The van der Waals surface area contributed by atoms with Gasteiger partial charge in [-0.3, -0.25) is 9.59 Å². The summed E-state index contributed by atoms with van der Waals surface area (Å²) in [5.41, 5.74) is 2.83. The van der Waals surface area contributed by atoms with E-state index in [1.807, 2.05) is 26.0 Å². The Labute approximate surface area is 210 Å². The van der Waals surface area contributed by atoms with E-state index in [0.29, 0.717) is 17.0 Å². The van der Waals surface area contributed by atoms with E-state index in [4.69, 9.17) is 39.5 Å². The number of aryl methyl sites for hydroxylation is 2. The third-order valence-corrected chi connectivity index (χ3v) is 6.20. The van der Waals surface area contributed by atoms with Crippen LogP contribution < -0.4 is 15.0 Å². The Bertz CT molecular complexity index is 1370. The molecule has 172 valence electrons. The first-order valence-corrected chi connectivity index (χ1v) is 11.2. The lowest BCUT2D eigenvalue weighted by Gasteiger charge is -2.15. The number of nitrogens with zero attached hydrogens (tertiary/aromatic N) is 1. The number of benzene rings is 3. The lowest BCUT2D eigenvalue weighted by molar-refractivity contribution is -0.120. The molecule has 1 aliphatic heterocycles. The first-order chi connectivity index (χ1) is 16.2. The van der Waals surface area contributed by atoms with Crippen LogP contribution in [0.5, 0.6) is 5.75 Å². The summed E-state index contributed by atoms with van der Waals surface area (Å²) in [6.45, 7) is 3.82. The quantitative estimate of drug-likeness (QED) is 0.246. The number of amides is 2. The SMILES string of the molecule is Cc1ccc(OC(=O)c2ccc(NC3=C(Cl)C(=O)N(c4ccc(Cl)c(Cl)c4)C3=O)cc2)c(C)c1. The number of ether oxygens (including phenoxy) is 1. The van der Waals surface area contributed by atoms with Crippen LogP contribution in [0.25, 0.3) is 0 Å². The number of carbonyl (C=O) groups excluding carboxylic acids is 3. The van der Waals surface area contributed by atoms with E-state index < -0.39 is 17.8 Å². The van der Waals surface area contributed by atoms with Gasteiger partial charge in [-0.25, -0.2) is 9.69 Å². The Morgan fingerprint density at radius 3 is 2.21 bits per heavy atom. The average Bonchev–Trinajstić information content (AvgIpc) is 3.01. The number of hydrogen-bond donors (Lipinski definition) is 1. The maximum absolute atomic E-state index is 12.9. The number of hydrogen-bond acceptors (Lipinski definition) is 5. The van der Waals surface area contributed by atoms with Crippen LogP contribution in [0.2, 0.25) is 10.0 Å². The Kier molecular flexibility index (Phi) is 6.66. The van der Waals surface area contributed by atoms with Crippen LogP contribution in [-0.4, -0.2) is 17.8 Å². The van der Waals surface area contributed by atoms with Crippen LogP contribution >= 0.6 is 34.8 Å². The predicted octanol–water partition coefficient (Wildman–Crippen LogP) is 6.27. The summed E-state index contributed by atoms with van der Waals surface area (Å²) in [5.74, 6) is -1.38. The highest BCUT2D eigenvalue weighted by molar-refractivity contribution is 6.53. The van der Waals surface area contributed by atoms with Crippen LogP contribution in [0.4, 0.5) is 11.4 Å². The summed E-state index contributed by atoms with van der Waals surface area (Å²) in [5, 5.41) is 3.07. The molecule has 0 radical (unpaired) electrons. The summed E-state index contributed by atoms with van der Waals surface area (Å²) in [6.07, 6.45) is 0. The highest BCUT2D eigenvalue weighted by Gasteiger charge is 2.39. The molecule has 4 rings (SSSR count). The molecule has 0 fully saturated rings. The molecule has 0 atom stereocenters. The normalized spacial score (nSPS) is 13.5. The Morgan fingerprint density at radius 2 is 1.56 bits per heavy atom. The second-order valence-electron chi connectivity index (χ2n) is 7.59. The van der Waals surface area contributed by atoms with E-state index in [1.54, 1.807) is 30.3 Å². The Hall–Kier alpha value is -3.32. The second kappa shape index (κ2) is 9.50. The van der Waals surface area contributed by atoms with Crippen molar-refractivity contribution in [1.82, 2.24) is 0 Å². The first-order valence-electron chi connectivity index (χ1n) is 10.1. The van der Waals surface area contributed by atoms with Crippen molar-refractivity contribution in [2.24, 2.45) is 0 Å². The Balaban J connectivity index is 1.49. The predicted molar refractivity (Wildman–Crippen MR) is 133 cm³/mol.